The van der Waals surface area contributed by atoms with Crippen LogP contribution in [0.5, 0.6) is 0 Å². The molecular formula is C13H21BrN2O2S. The van der Waals surface area contributed by atoms with E-state index in [2.05, 4.69) is 32.9 Å². The minimum atomic E-state index is -3.27. The van der Waals surface area contributed by atoms with Crippen LogP contribution >= 0.6 is 15.9 Å². The predicted molar refractivity (Wildman–Crippen MR) is 82.5 cm³/mol. The minimum Gasteiger partial charge on any atom is -0.315 e. The second-order valence-electron chi connectivity index (χ2n) is 4.51. The number of sulfonamides is 1. The second-order valence-corrected chi connectivity index (χ2v) is 7.61. The van der Waals surface area contributed by atoms with Gasteiger partial charge in [0.2, 0.25) is 10.0 Å². The molecular weight excluding hydrogens is 328 g/mol. The highest BCUT2D eigenvalue weighted by Crippen LogP contribution is 2.10. The Hall–Kier alpha value is -0.430. The van der Waals surface area contributed by atoms with E-state index in [-0.39, 0.29) is 0 Å². The maximum Gasteiger partial charge on any atom is 0.215 e. The zero-order valence-corrected chi connectivity index (χ0v) is 13.7. The van der Waals surface area contributed by atoms with Crippen LogP contribution < -0.4 is 10.0 Å². The number of rotatable bonds is 8. The number of benzene rings is 1. The summed E-state index contributed by atoms with van der Waals surface area (Å²) in [7, 11) is -3.27. The molecule has 2 N–H and O–H groups in total. The van der Waals surface area contributed by atoms with Gasteiger partial charge in [0.25, 0.3) is 0 Å². The Morgan fingerprint density at radius 2 is 1.89 bits per heavy atom. The zero-order chi connectivity index (χ0) is 14.3. The standard InChI is InChI=1S/C13H21BrN2O2S/c1-3-8-15-9-11(2)19(17,18)16-10-12-4-6-13(14)7-5-12/h4-7,11,15-16H,3,8-10H2,1-2H3. The Labute approximate surface area is 124 Å². The summed E-state index contributed by atoms with van der Waals surface area (Å²) in [5.74, 6) is 0. The van der Waals surface area contributed by atoms with Gasteiger partial charge in [0.1, 0.15) is 0 Å². The molecule has 4 nitrogen and oxygen atoms in total. The van der Waals surface area contributed by atoms with E-state index in [1.54, 1.807) is 6.92 Å². The SMILES string of the molecule is CCCNCC(C)S(=O)(=O)NCc1ccc(Br)cc1. The second kappa shape index (κ2) is 7.99. The molecule has 0 fully saturated rings. The third-order valence-corrected chi connectivity index (χ3v) is 5.08. The molecule has 1 aromatic carbocycles. The summed E-state index contributed by atoms with van der Waals surface area (Å²) in [6.45, 7) is 5.41. The number of halogens is 1. The van der Waals surface area contributed by atoms with Gasteiger partial charge in [-0.2, -0.15) is 0 Å². The van der Waals surface area contributed by atoms with E-state index in [0.29, 0.717) is 13.1 Å². The largest absolute Gasteiger partial charge is 0.315 e. The Morgan fingerprint density at radius 3 is 2.47 bits per heavy atom. The lowest BCUT2D eigenvalue weighted by Crippen LogP contribution is -2.38. The fraction of sp³-hybridized carbons (Fsp3) is 0.538. The van der Waals surface area contributed by atoms with Gasteiger partial charge >= 0.3 is 0 Å². The fourth-order valence-electron chi connectivity index (χ4n) is 1.52. The first-order chi connectivity index (χ1) is 8.95. The van der Waals surface area contributed by atoms with Crippen LogP contribution in [0, 0.1) is 0 Å². The van der Waals surface area contributed by atoms with Gasteiger partial charge < -0.3 is 5.32 Å². The van der Waals surface area contributed by atoms with Crippen LogP contribution in [-0.4, -0.2) is 26.8 Å². The van der Waals surface area contributed by atoms with Gasteiger partial charge in [-0.05, 0) is 37.6 Å². The smallest absolute Gasteiger partial charge is 0.215 e. The Balaban J connectivity index is 2.47. The van der Waals surface area contributed by atoms with Crippen molar-refractivity contribution in [2.24, 2.45) is 0 Å². The predicted octanol–water partition coefficient (Wildman–Crippen LogP) is 2.26. The lowest BCUT2D eigenvalue weighted by molar-refractivity contribution is 0.557. The lowest BCUT2D eigenvalue weighted by atomic mass is 10.2. The van der Waals surface area contributed by atoms with Crippen molar-refractivity contribution in [3.63, 3.8) is 0 Å². The first-order valence-electron chi connectivity index (χ1n) is 6.39. The highest BCUT2D eigenvalue weighted by Gasteiger charge is 2.19. The minimum absolute atomic E-state index is 0.327. The summed E-state index contributed by atoms with van der Waals surface area (Å²) in [5.41, 5.74) is 0.945. The molecule has 0 aromatic heterocycles. The molecule has 108 valence electrons. The van der Waals surface area contributed by atoms with Gasteiger partial charge in [0.15, 0.2) is 0 Å². The maximum atomic E-state index is 12.0. The zero-order valence-electron chi connectivity index (χ0n) is 11.3. The van der Waals surface area contributed by atoms with Crippen LogP contribution in [0.2, 0.25) is 0 Å². The number of nitrogens with one attached hydrogen (secondary N) is 2. The van der Waals surface area contributed by atoms with Crippen molar-refractivity contribution in [3.05, 3.63) is 34.3 Å². The van der Waals surface area contributed by atoms with E-state index in [1.807, 2.05) is 24.3 Å². The average molecular weight is 349 g/mol. The van der Waals surface area contributed by atoms with Gasteiger partial charge in [-0.15, -0.1) is 0 Å². The van der Waals surface area contributed by atoms with Crippen LogP contribution in [0.1, 0.15) is 25.8 Å². The van der Waals surface area contributed by atoms with Crippen LogP contribution in [0.4, 0.5) is 0 Å². The first-order valence-corrected chi connectivity index (χ1v) is 8.73. The van der Waals surface area contributed by atoms with Crippen LogP contribution in [0.25, 0.3) is 0 Å². The molecule has 0 aliphatic rings. The summed E-state index contributed by atoms with van der Waals surface area (Å²) in [6.07, 6.45) is 0.999. The molecule has 0 saturated heterocycles. The van der Waals surface area contributed by atoms with E-state index in [0.717, 1.165) is 23.0 Å². The summed E-state index contributed by atoms with van der Waals surface area (Å²) < 4.78 is 27.6. The van der Waals surface area contributed by atoms with Gasteiger partial charge in [-0.25, -0.2) is 13.1 Å². The molecule has 0 radical (unpaired) electrons. The van der Waals surface area contributed by atoms with E-state index in [1.165, 1.54) is 0 Å². The molecule has 1 rings (SSSR count). The molecule has 0 spiro atoms. The van der Waals surface area contributed by atoms with Gasteiger partial charge in [-0.3, -0.25) is 0 Å². The van der Waals surface area contributed by atoms with Crippen molar-refractivity contribution in [1.82, 2.24) is 10.0 Å². The molecule has 0 aliphatic heterocycles. The van der Waals surface area contributed by atoms with E-state index in [9.17, 15) is 8.42 Å². The summed E-state index contributed by atoms with van der Waals surface area (Å²) in [6, 6.07) is 7.59. The molecule has 0 aliphatic carbocycles. The van der Waals surface area contributed by atoms with Crippen LogP contribution in [-0.2, 0) is 16.6 Å². The van der Waals surface area contributed by atoms with Crippen molar-refractivity contribution in [3.8, 4) is 0 Å². The lowest BCUT2D eigenvalue weighted by Gasteiger charge is -2.14. The highest BCUT2D eigenvalue weighted by atomic mass is 79.9. The summed E-state index contributed by atoms with van der Waals surface area (Å²) in [5, 5.41) is 2.69. The van der Waals surface area contributed by atoms with Crippen molar-refractivity contribution in [2.45, 2.75) is 32.1 Å². The Morgan fingerprint density at radius 1 is 1.26 bits per heavy atom. The van der Waals surface area contributed by atoms with Crippen molar-refractivity contribution >= 4 is 26.0 Å². The molecule has 6 heteroatoms. The normalized spacial score (nSPS) is 13.4. The Kier molecular flexibility index (Phi) is 6.99. The summed E-state index contributed by atoms with van der Waals surface area (Å²) in [4.78, 5) is 0. The quantitative estimate of drug-likeness (QED) is 0.708. The van der Waals surface area contributed by atoms with Crippen molar-refractivity contribution < 1.29 is 8.42 Å². The highest BCUT2D eigenvalue weighted by molar-refractivity contribution is 9.10. The fourth-order valence-corrected chi connectivity index (χ4v) is 2.77. The molecule has 19 heavy (non-hydrogen) atoms. The third kappa shape index (κ3) is 6.03. The van der Waals surface area contributed by atoms with Crippen molar-refractivity contribution in [1.29, 1.82) is 0 Å². The molecule has 1 aromatic rings. The third-order valence-electron chi connectivity index (χ3n) is 2.78. The maximum absolute atomic E-state index is 12.0. The van der Waals surface area contributed by atoms with E-state index >= 15 is 0 Å². The topological polar surface area (TPSA) is 58.2 Å². The molecule has 1 atom stereocenters. The van der Waals surface area contributed by atoms with E-state index < -0.39 is 15.3 Å². The average Bonchev–Trinajstić information content (AvgIpc) is 2.38. The molecule has 0 amide bonds. The molecule has 0 bridgehead atoms. The first kappa shape index (κ1) is 16.6. The van der Waals surface area contributed by atoms with Crippen LogP contribution in [0.3, 0.4) is 0 Å². The van der Waals surface area contributed by atoms with Gasteiger partial charge in [-0.1, -0.05) is 35.0 Å². The molecule has 0 saturated carbocycles. The van der Waals surface area contributed by atoms with E-state index in [4.69, 9.17) is 0 Å². The number of hydrogen-bond donors (Lipinski definition) is 2. The molecule has 1 unspecified atom stereocenters. The van der Waals surface area contributed by atoms with Gasteiger partial charge in [0.05, 0.1) is 5.25 Å². The Bertz CT molecular complexity index is 474. The molecule has 0 heterocycles. The van der Waals surface area contributed by atoms with Crippen molar-refractivity contribution in [2.75, 3.05) is 13.1 Å². The summed E-state index contributed by atoms with van der Waals surface area (Å²) >= 11 is 3.35. The monoisotopic (exact) mass is 348 g/mol. The van der Waals surface area contributed by atoms with Crippen LogP contribution in [0.15, 0.2) is 28.7 Å². The van der Waals surface area contributed by atoms with Gasteiger partial charge in [0, 0.05) is 17.6 Å². The number of hydrogen-bond acceptors (Lipinski definition) is 3.